The molecule has 4 fully saturated rings. The van der Waals surface area contributed by atoms with Crippen LogP contribution in [0.5, 0.6) is 0 Å². The van der Waals surface area contributed by atoms with E-state index in [1.807, 2.05) is 20.8 Å². The Hall–Kier alpha value is -3.08. The zero-order chi connectivity index (χ0) is 36.4. The number of hydrogen-bond acceptors (Lipinski definition) is 11. The van der Waals surface area contributed by atoms with Crippen molar-refractivity contribution in [3.63, 3.8) is 0 Å². The number of rotatable bonds is 8. The second kappa shape index (κ2) is 12.9. The van der Waals surface area contributed by atoms with Gasteiger partial charge in [0, 0.05) is 69.6 Å². The summed E-state index contributed by atoms with van der Waals surface area (Å²) >= 11 is 0. The lowest BCUT2D eigenvalue weighted by Crippen LogP contribution is -2.70. The van der Waals surface area contributed by atoms with Crippen LogP contribution < -0.4 is 0 Å². The average molecular weight is 687 g/mol. The first kappa shape index (κ1) is 37.2. The predicted octanol–water partition coefficient (Wildman–Crippen LogP) is 4.84. The molecule has 0 aromatic heterocycles. The number of aliphatic hydroxyl groups is 1. The van der Waals surface area contributed by atoms with Gasteiger partial charge in [-0.15, -0.1) is 0 Å². The molecule has 5 rings (SSSR count). The van der Waals surface area contributed by atoms with Gasteiger partial charge in [0.1, 0.15) is 11.2 Å². The van der Waals surface area contributed by atoms with Crippen LogP contribution in [0.15, 0.2) is 11.6 Å². The Morgan fingerprint density at radius 1 is 0.918 bits per heavy atom. The van der Waals surface area contributed by atoms with Crippen molar-refractivity contribution in [3.8, 4) is 0 Å². The van der Waals surface area contributed by atoms with Gasteiger partial charge in [0.25, 0.3) is 0 Å². The van der Waals surface area contributed by atoms with E-state index < -0.39 is 82.0 Å². The van der Waals surface area contributed by atoms with Crippen molar-refractivity contribution in [1.29, 1.82) is 0 Å². The number of carbonyl (C=O) groups is 6. The maximum absolute atomic E-state index is 14.6. The van der Waals surface area contributed by atoms with E-state index in [0.29, 0.717) is 32.1 Å². The number of ketones is 2. The number of carbonyl (C=O) groups excluding carboxylic acids is 6. The Bertz CT molecular complexity index is 1450. The maximum atomic E-state index is 14.6. The van der Waals surface area contributed by atoms with E-state index in [1.54, 1.807) is 6.92 Å². The fourth-order valence-electron chi connectivity index (χ4n) is 11.8. The first-order valence-corrected chi connectivity index (χ1v) is 18.0. The van der Waals surface area contributed by atoms with Gasteiger partial charge < -0.3 is 24.1 Å². The lowest BCUT2D eigenvalue weighted by Gasteiger charge is -2.61. The van der Waals surface area contributed by atoms with Crippen LogP contribution >= 0.6 is 0 Å². The molecule has 0 heterocycles. The normalized spacial score (nSPS) is 42.1. The molecule has 0 spiro atoms. The molecular weight excluding hydrogens is 632 g/mol. The molecule has 0 aliphatic heterocycles. The van der Waals surface area contributed by atoms with Crippen molar-refractivity contribution in [2.45, 2.75) is 143 Å². The van der Waals surface area contributed by atoms with Crippen molar-refractivity contribution in [2.75, 3.05) is 0 Å². The molecule has 13 atom stereocenters. The lowest BCUT2D eigenvalue weighted by molar-refractivity contribution is -0.245. The van der Waals surface area contributed by atoms with Gasteiger partial charge in [0.15, 0.2) is 23.3 Å². The highest BCUT2D eigenvalue weighted by molar-refractivity contribution is 5.91. The molecule has 4 saturated carbocycles. The van der Waals surface area contributed by atoms with Gasteiger partial charge >= 0.3 is 23.9 Å². The second-order valence-electron chi connectivity index (χ2n) is 15.9. The van der Waals surface area contributed by atoms with E-state index in [4.69, 9.17) is 18.9 Å². The molecule has 0 aromatic rings. The van der Waals surface area contributed by atoms with Crippen LogP contribution in [0.3, 0.4) is 0 Å². The highest BCUT2D eigenvalue weighted by Gasteiger charge is 2.76. The fourth-order valence-corrected chi connectivity index (χ4v) is 11.8. The van der Waals surface area contributed by atoms with Crippen molar-refractivity contribution in [1.82, 2.24) is 0 Å². The molecule has 49 heavy (non-hydrogen) atoms. The quantitative estimate of drug-likeness (QED) is 0.212. The van der Waals surface area contributed by atoms with E-state index in [-0.39, 0.29) is 48.6 Å². The van der Waals surface area contributed by atoms with Crippen LogP contribution in [0.25, 0.3) is 0 Å². The van der Waals surface area contributed by atoms with Crippen LogP contribution in [0, 0.1) is 46.8 Å². The molecule has 11 nitrogen and oxygen atoms in total. The Balaban J connectivity index is 1.76. The SMILES string of the molecule is CCCC(=O)[C@@](C)(OC(C)=O)C1(C)C(C)=C[C@@H](C)C2C1CC1C3C(OC(C)=O)C(=O)C4CC[C@H](O)CC4(OC(C)=O)C3CCC12OC(C)=O. The Morgan fingerprint density at radius 3 is 2.12 bits per heavy atom. The van der Waals surface area contributed by atoms with Gasteiger partial charge in [-0.25, -0.2) is 0 Å². The van der Waals surface area contributed by atoms with E-state index in [9.17, 15) is 33.9 Å². The number of Topliss-reactive ketones (excluding diaryl/α,β-unsaturated/α-hetero) is 2. The minimum Gasteiger partial charge on any atom is -0.459 e. The van der Waals surface area contributed by atoms with Gasteiger partial charge in [-0.1, -0.05) is 32.4 Å². The fraction of sp³-hybridized carbons (Fsp3) is 0.789. The smallest absolute Gasteiger partial charge is 0.303 e. The van der Waals surface area contributed by atoms with E-state index in [1.165, 1.54) is 27.7 Å². The molecule has 0 radical (unpaired) electrons. The number of hydrogen-bond donors (Lipinski definition) is 1. The van der Waals surface area contributed by atoms with E-state index >= 15 is 0 Å². The van der Waals surface area contributed by atoms with Crippen LogP contribution in [0.1, 0.15) is 114 Å². The summed E-state index contributed by atoms with van der Waals surface area (Å²) < 4.78 is 24.7. The summed E-state index contributed by atoms with van der Waals surface area (Å²) in [4.78, 5) is 80.0. The third-order valence-corrected chi connectivity index (χ3v) is 13.4. The Morgan fingerprint density at radius 2 is 1.55 bits per heavy atom. The zero-order valence-electron chi connectivity index (χ0n) is 30.5. The molecular formula is C38H54O11. The molecule has 272 valence electrons. The summed E-state index contributed by atoms with van der Waals surface area (Å²) in [7, 11) is 0. The van der Waals surface area contributed by atoms with Crippen molar-refractivity contribution >= 4 is 35.4 Å². The van der Waals surface area contributed by atoms with Crippen molar-refractivity contribution in [2.24, 2.45) is 46.8 Å². The highest BCUT2D eigenvalue weighted by Crippen LogP contribution is 2.71. The van der Waals surface area contributed by atoms with Gasteiger partial charge in [-0.05, 0) is 64.2 Å². The Labute approximate surface area is 289 Å². The standard InChI is InChI=1S/C38H54O11/c1-10-11-30(44)36(9,47-22(5)40)35(8)20(3)16-19(2)32-29(35)17-28-31-26(14-15-37(28,32)48-23(6)41)38(49-24(7)42)18-25(43)12-13-27(38)33(45)34(31)46-21(4)39/h16,19,25-29,31-32,34,43H,10-15,17-18H2,1-9H3/t19-,25+,26?,27?,28?,29?,31?,32?,34?,35?,36-,37?,38?/m1/s1. The predicted molar refractivity (Wildman–Crippen MR) is 175 cm³/mol. The molecule has 5 aliphatic rings. The number of allylic oxidation sites excluding steroid dienone is 1. The molecule has 10 unspecified atom stereocenters. The average Bonchev–Trinajstić information content (AvgIpc) is 3.32. The minimum atomic E-state index is -1.56. The largest absolute Gasteiger partial charge is 0.459 e. The summed E-state index contributed by atoms with van der Waals surface area (Å²) in [6.07, 6.45) is 2.64. The first-order valence-electron chi connectivity index (χ1n) is 18.0. The third-order valence-electron chi connectivity index (χ3n) is 13.4. The van der Waals surface area contributed by atoms with Gasteiger partial charge in [0.2, 0.25) is 0 Å². The van der Waals surface area contributed by atoms with Crippen molar-refractivity contribution in [3.05, 3.63) is 11.6 Å². The van der Waals surface area contributed by atoms with Gasteiger partial charge in [0.05, 0.1) is 12.0 Å². The summed E-state index contributed by atoms with van der Waals surface area (Å²) in [5.74, 6) is -6.26. The number of aliphatic hydroxyl groups excluding tert-OH is 1. The first-order chi connectivity index (χ1) is 22.8. The number of ether oxygens (including phenoxy) is 4. The van der Waals surface area contributed by atoms with Crippen LogP contribution in [-0.2, 0) is 47.7 Å². The molecule has 5 aliphatic carbocycles. The number of esters is 4. The topological polar surface area (TPSA) is 160 Å². The molecule has 0 saturated heterocycles. The van der Waals surface area contributed by atoms with Gasteiger partial charge in [-0.3, -0.25) is 28.8 Å². The number of fused-ring (bicyclic) bond motifs is 7. The zero-order valence-corrected chi connectivity index (χ0v) is 30.5. The lowest BCUT2D eigenvalue weighted by atomic mass is 9.48. The van der Waals surface area contributed by atoms with Crippen LogP contribution in [0.2, 0.25) is 0 Å². The summed E-state index contributed by atoms with van der Waals surface area (Å²) in [6, 6.07) is 0. The molecule has 1 N–H and O–H groups in total. The maximum Gasteiger partial charge on any atom is 0.303 e. The molecule has 0 bridgehead atoms. The monoisotopic (exact) mass is 686 g/mol. The van der Waals surface area contributed by atoms with Gasteiger partial charge in [-0.2, -0.15) is 0 Å². The third kappa shape index (κ3) is 5.57. The summed E-state index contributed by atoms with van der Waals surface area (Å²) in [5.41, 5.74) is -4.18. The van der Waals surface area contributed by atoms with Crippen molar-refractivity contribution < 1.29 is 52.8 Å². The second-order valence-corrected chi connectivity index (χ2v) is 15.9. The summed E-state index contributed by atoms with van der Waals surface area (Å²) in [5, 5.41) is 11.0. The minimum absolute atomic E-state index is 0.0713. The molecule has 11 heteroatoms. The van der Waals surface area contributed by atoms with E-state index in [2.05, 4.69) is 13.0 Å². The van der Waals surface area contributed by atoms with Crippen LogP contribution in [-0.4, -0.2) is 69.6 Å². The van der Waals surface area contributed by atoms with Crippen LogP contribution in [0.4, 0.5) is 0 Å². The highest BCUT2D eigenvalue weighted by atomic mass is 16.6. The molecule has 0 aromatic carbocycles. The molecule has 0 amide bonds. The summed E-state index contributed by atoms with van der Waals surface area (Å²) in [6.45, 7) is 14.8. The van der Waals surface area contributed by atoms with E-state index in [0.717, 1.165) is 5.57 Å². The Kier molecular flexibility index (Phi) is 9.80.